The lowest BCUT2D eigenvalue weighted by Crippen LogP contribution is -2.39. The van der Waals surface area contributed by atoms with Gasteiger partial charge in [0, 0.05) is 38.9 Å². The minimum atomic E-state index is -3.58. The average molecular weight is 426 g/mol. The van der Waals surface area contributed by atoms with E-state index in [1.807, 2.05) is 0 Å². The lowest BCUT2D eigenvalue weighted by atomic mass is 9.92. The first-order valence-electron chi connectivity index (χ1n) is 10.4. The number of piperidine rings is 1. The number of nitrogens with one attached hydrogen (secondary N) is 2. The van der Waals surface area contributed by atoms with Crippen molar-refractivity contribution in [3.05, 3.63) is 29.8 Å². The van der Waals surface area contributed by atoms with Crippen molar-refractivity contribution in [1.82, 2.24) is 14.9 Å². The molecule has 0 spiro atoms. The maximum atomic E-state index is 12.3. The van der Waals surface area contributed by atoms with Crippen LogP contribution < -0.4 is 10.0 Å². The second-order valence-corrected chi connectivity index (χ2v) is 9.85. The zero-order chi connectivity index (χ0) is 21.3. The molecule has 2 rings (SSSR count). The summed E-state index contributed by atoms with van der Waals surface area (Å²) in [5, 5.41) is 2.92. The van der Waals surface area contributed by atoms with Crippen molar-refractivity contribution in [3.8, 4) is 0 Å². The molecule has 0 aliphatic carbocycles. The molecule has 1 aromatic rings. The van der Waals surface area contributed by atoms with Gasteiger partial charge in [0.2, 0.25) is 10.0 Å². The Balaban J connectivity index is 1.71. The molecule has 7 nitrogen and oxygen atoms in total. The Hall–Kier alpha value is -1.48. The van der Waals surface area contributed by atoms with Gasteiger partial charge in [-0.1, -0.05) is 13.8 Å². The summed E-state index contributed by atoms with van der Waals surface area (Å²) in [6, 6.07) is 5.97. The molecule has 2 N–H and O–H groups in total. The van der Waals surface area contributed by atoms with E-state index in [4.69, 9.17) is 4.74 Å². The summed E-state index contributed by atoms with van der Waals surface area (Å²) in [5.74, 6) is 1.35. The van der Waals surface area contributed by atoms with Gasteiger partial charge in [0.1, 0.15) is 0 Å². The number of unbranched alkanes of at least 4 members (excludes halogenated alkanes) is 1. The van der Waals surface area contributed by atoms with E-state index in [1.165, 1.54) is 50.9 Å². The smallest absolute Gasteiger partial charge is 0.251 e. The Morgan fingerprint density at radius 1 is 1.10 bits per heavy atom. The molecule has 29 heavy (non-hydrogen) atoms. The Bertz CT molecular complexity index is 727. The summed E-state index contributed by atoms with van der Waals surface area (Å²) in [6.07, 6.45) is 3.31. The fourth-order valence-electron chi connectivity index (χ4n) is 3.89. The molecule has 2 unspecified atom stereocenters. The summed E-state index contributed by atoms with van der Waals surface area (Å²) < 4.78 is 31.6. The number of carbonyl (C=O) groups is 1. The number of rotatable bonds is 11. The molecule has 0 radical (unpaired) electrons. The zero-order valence-corrected chi connectivity index (χ0v) is 18.6. The molecule has 2 atom stereocenters. The van der Waals surface area contributed by atoms with Gasteiger partial charge in [-0.05, 0) is 61.9 Å². The number of ether oxygens (including phenoxy) is 1. The summed E-state index contributed by atoms with van der Waals surface area (Å²) in [6.45, 7) is 9.18. The number of benzene rings is 1. The third-order valence-electron chi connectivity index (χ3n) is 5.16. The summed E-state index contributed by atoms with van der Waals surface area (Å²) >= 11 is 0. The number of amides is 1. The molecule has 1 amide bonds. The molecule has 164 valence electrons. The number of sulfonamides is 1. The van der Waals surface area contributed by atoms with Crippen LogP contribution in [0, 0.1) is 11.8 Å². The zero-order valence-electron chi connectivity index (χ0n) is 17.8. The van der Waals surface area contributed by atoms with Crippen LogP contribution >= 0.6 is 0 Å². The first-order valence-corrected chi connectivity index (χ1v) is 11.9. The highest BCUT2D eigenvalue weighted by atomic mass is 32.2. The van der Waals surface area contributed by atoms with Crippen LogP contribution in [0.5, 0.6) is 0 Å². The van der Waals surface area contributed by atoms with Crippen LogP contribution in [0.15, 0.2) is 29.2 Å². The van der Waals surface area contributed by atoms with Gasteiger partial charge in [0.25, 0.3) is 5.91 Å². The van der Waals surface area contributed by atoms with E-state index in [0.717, 1.165) is 31.2 Å². The topological polar surface area (TPSA) is 87.7 Å². The third-order valence-corrected chi connectivity index (χ3v) is 6.63. The Morgan fingerprint density at radius 3 is 2.38 bits per heavy atom. The molecule has 0 saturated carbocycles. The standard InChI is InChI=1S/C21H35N3O4S/c1-17-14-18(2)16-24(15-17)12-5-4-10-22-21(25)19-6-8-20(9-7-19)29(26,27)23-11-13-28-3/h6-9,17-18,23H,4-5,10-16H2,1-3H3,(H,22,25). The molecule has 8 heteroatoms. The predicted molar refractivity (Wildman–Crippen MR) is 114 cm³/mol. The average Bonchev–Trinajstić information content (AvgIpc) is 2.67. The number of hydrogen-bond acceptors (Lipinski definition) is 5. The van der Waals surface area contributed by atoms with Crippen LogP contribution in [-0.4, -0.2) is 65.7 Å². The van der Waals surface area contributed by atoms with Crippen LogP contribution in [0.1, 0.15) is 43.5 Å². The molecule has 1 fully saturated rings. The van der Waals surface area contributed by atoms with Crippen molar-refractivity contribution < 1.29 is 17.9 Å². The molecule has 1 heterocycles. The monoisotopic (exact) mass is 425 g/mol. The van der Waals surface area contributed by atoms with Gasteiger partial charge in [-0.2, -0.15) is 0 Å². The van der Waals surface area contributed by atoms with E-state index < -0.39 is 10.0 Å². The molecular weight excluding hydrogens is 390 g/mol. The van der Waals surface area contributed by atoms with Crippen molar-refractivity contribution in [2.45, 2.75) is 38.0 Å². The highest BCUT2D eigenvalue weighted by molar-refractivity contribution is 7.89. The van der Waals surface area contributed by atoms with Crippen molar-refractivity contribution in [3.63, 3.8) is 0 Å². The van der Waals surface area contributed by atoms with Gasteiger partial charge in [-0.3, -0.25) is 4.79 Å². The number of methoxy groups -OCH3 is 1. The maximum Gasteiger partial charge on any atom is 0.251 e. The molecule has 0 aromatic heterocycles. The van der Waals surface area contributed by atoms with Crippen molar-refractivity contribution in [2.24, 2.45) is 11.8 Å². The normalized spacial score (nSPS) is 20.5. The highest BCUT2D eigenvalue weighted by Gasteiger charge is 2.21. The molecule has 1 aromatic carbocycles. The molecule has 1 aliphatic heterocycles. The lowest BCUT2D eigenvalue weighted by molar-refractivity contribution is 0.0951. The van der Waals surface area contributed by atoms with Crippen molar-refractivity contribution in [1.29, 1.82) is 0 Å². The van der Waals surface area contributed by atoms with E-state index in [0.29, 0.717) is 18.7 Å². The van der Waals surface area contributed by atoms with Gasteiger partial charge >= 0.3 is 0 Å². The van der Waals surface area contributed by atoms with Crippen LogP contribution in [0.4, 0.5) is 0 Å². The first-order chi connectivity index (χ1) is 13.8. The number of likely N-dealkylation sites (tertiary alicyclic amines) is 1. The van der Waals surface area contributed by atoms with Crippen molar-refractivity contribution >= 4 is 15.9 Å². The van der Waals surface area contributed by atoms with Crippen LogP contribution in [-0.2, 0) is 14.8 Å². The maximum absolute atomic E-state index is 12.3. The molecule has 1 saturated heterocycles. The second kappa shape index (κ2) is 11.6. The largest absolute Gasteiger partial charge is 0.383 e. The van der Waals surface area contributed by atoms with E-state index in [1.54, 1.807) is 0 Å². The van der Waals surface area contributed by atoms with Gasteiger partial charge in [0.05, 0.1) is 11.5 Å². The first kappa shape index (κ1) is 23.8. The third kappa shape index (κ3) is 8.04. The Morgan fingerprint density at radius 2 is 1.76 bits per heavy atom. The summed E-state index contributed by atoms with van der Waals surface area (Å²) in [4.78, 5) is 14.9. The summed E-state index contributed by atoms with van der Waals surface area (Å²) in [7, 11) is -2.07. The second-order valence-electron chi connectivity index (χ2n) is 8.08. The minimum absolute atomic E-state index is 0.134. The van der Waals surface area contributed by atoms with Crippen LogP contribution in [0.3, 0.4) is 0 Å². The number of nitrogens with zero attached hydrogens (tertiary/aromatic N) is 1. The molecule has 1 aliphatic rings. The lowest BCUT2D eigenvalue weighted by Gasteiger charge is -2.34. The predicted octanol–water partition coefficient (Wildman–Crippen LogP) is 2.10. The number of carbonyl (C=O) groups excluding carboxylic acids is 1. The van der Waals surface area contributed by atoms with E-state index in [9.17, 15) is 13.2 Å². The Labute approximate surface area is 175 Å². The minimum Gasteiger partial charge on any atom is -0.383 e. The van der Waals surface area contributed by atoms with Crippen LogP contribution in [0.2, 0.25) is 0 Å². The Kier molecular flexibility index (Phi) is 9.55. The van der Waals surface area contributed by atoms with E-state index in [2.05, 4.69) is 28.8 Å². The van der Waals surface area contributed by atoms with E-state index >= 15 is 0 Å². The van der Waals surface area contributed by atoms with Crippen molar-refractivity contribution in [2.75, 3.05) is 46.4 Å². The quantitative estimate of drug-likeness (QED) is 0.530. The molecular formula is C21H35N3O4S. The highest BCUT2D eigenvalue weighted by Crippen LogP contribution is 2.21. The number of hydrogen-bond donors (Lipinski definition) is 2. The molecule has 0 bridgehead atoms. The van der Waals surface area contributed by atoms with Gasteiger partial charge in [0.15, 0.2) is 0 Å². The van der Waals surface area contributed by atoms with Gasteiger partial charge in [-0.15, -0.1) is 0 Å². The van der Waals surface area contributed by atoms with Gasteiger partial charge < -0.3 is 15.0 Å². The van der Waals surface area contributed by atoms with E-state index in [-0.39, 0.29) is 17.3 Å². The fraction of sp³-hybridized carbons (Fsp3) is 0.667. The SMILES string of the molecule is COCCNS(=O)(=O)c1ccc(C(=O)NCCCCN2CC(C)CC(C)C2)cc1. The van der Waals surface area contributed by atoms with Gasteiger partial charge in [-0.25, -0.2) is 13.1 Å². The van der Waals surface area contributed by atoms with Crippen LogP contribution in [0.25, 0.3) is 0 Å². The summed E-state index contributed by atoms with van der Waals surface area (Å²) in [5.41, 5.74) is 0.458. The fourth-order valence-corrected chi connectivity index (χ4v) is 4.90.